The van der Waals surface area contributed by atoms with Crippen LogP contribution in [0.3, 0.4) is 0 Å². The fourth-order valence-corrected chi connectivity index (χ4v) is 2.66. The number of carbonyl (C=O) groups is 1. The Labute approximate surface area is 120 Å². The Morgan fingerprint density at radius 1 is 1.15 bits per heavy atom. The van der Waals surface area contributed by atoms with Crippen molar-refractivity contribution in [1.29, 1.82) is 0 Å². The van der Waals surface area contributed by atoms with Gasteiger partial charge in [0.15, 0.2) is 0 Å². The van der Waals surface area contributed by atoms with Gasteiger partial charge in [0.05, 0.1) is 4.90 Å². The molecule has 0 saturated carbocycles. The van der Waals surface area contributed by atoms with Crippen LogP contribution in [0.1, 0.15) is 16.8 Å². The molecule has 0 saturated heterocycles. The maximum absolute atomic E-state index is 12.0. The van der Waals surface area contributed by atoms with Gasteiger partial charge in [-0.1, -0.05) is 0 Å². The molecule has 1 aromatic carbocycles. The zero-order valence-corrected chi connectivity index (χ0v) is 12.8. The third-order valence-electron chi connectivity index (χ3n) is 2.71. The molecule has 112 valence electrons. The molecule has 2 N–H and O–H groups in total. The van der Waals surface area contributed by atoms with E-state index in [0.717, 1.165) is 6.54 Å². The Bertz CT molecular complexity index is 538. The van der Waals surface area contributed by atoms with Crippen LogP contribution in [0.4, 0.5) is 0 Å². The highest BCUT2D eigenvalue weighted by molar-refractivity contribution is 7.89. The average Bonchev–Trinajstić information content (AvgIpc) is 2.43. The molecule has 0 aliphatic carbocycles. The summed E-state index contributed by atoms with van der Waals surface area (Å²) in [6.45, 7) is 1.13. The Balaban J connectivity index is 2.74. The van der Waals surface area contributed by atoms with Crippen LogP contribution in [-0.4, -0.2) is 53.5 Å². The Morgan fingerprint density at radius 3 is 2.25 bits per heavy atom. The minimum atomic E-state index is -3.51. The predicted octanol–water partition coefficient (Wildman–Crippen LogP) is 0.276. The molecule has 1 amide bonds. The van der Waals surface area contributed by atoms with Gasteiger partial charge in [0, 0.05) is 26.2 Å². The highest BCUT2D eigenvalue weighted by Crippen LogP contribution is 2.11. The van der Waals surface area contributed by atoms with Crippen molar-refractivity contribution in [2.45, 2.75) is 11.3 Å². The van der Waals surface area contributed by atoms with E-state index in [4.69, 9.17) is 0 Å². The second-order valence-corrected chi connectivity index (χ2v) is 6.35. The Kier molecular flexibility index (Phi) is 6.12. The molecule has 0 aromatic heterocycles. The van der Waals surface area contributed by atoms with Crippen LogP contribution >= 0.6 is 0 Å². The van der Waals surface area contributed by atoms with Crippen LogP contribution in [0.25, 0.3) is 0 Å². The van der Waals surface area contributed by atoms with E-state index in [-0.39, 0.29) is 10.8 Å². The van der Waals surface area contributed by atoms with Gasteiger partial charge >= 0.3 is 0 Å². The zero-order valence-electron chi connectivity index (χ0n) is 12.0. The van der Waals surface area contributed by atoms with Gasteiger partial charge in [-0.25, -0.2) is 13.1 Å². The lowest BCUT2D eigenvalue weighted by Crippen LogP contribution is -2.27. The third kappa shape index (κ3) is 4.59. The monoisotopic (exact) mass is 299 g/mol. The molecule has 0 heterocycles. The number of amides is 1. The number of nitrogens with zero attached hydrogens (tertiary/aromatic N) is 1. The van der Waals surface area contributed by atoms with E-state index in [0.29, 0.717) is 18.5 Å². The summed E-state index contributed by atoms with van der Waals surface area (Å²) in [7, 11) is 1.61. The summed E-state index contributed by atoms with van der Waals surface area (Å²) >= 11 is 0. The molecular formula is C13H21N3O3S. The van der Waals surface area contributed by atoms with Crippen molar-refractivity contribution in [2.24, 2.45) is 0 Å². The molecule has 1 aromatic rings. The summed E-state index contributed by atoms with van der Waals surface area (Å²) in [5.41, 5.74) is 0.462. The molecule has 0 bridgehead atoms. The quantitative estimate of drug-likeness (QED) is 0.709. The largest absolute Gasteiger partial charge is 0.345 e. The molecule has 0 unspecified atom stereocenters. The normalized spacial score (nSPS) is 11.3. The molecule has 0 radical (unpaired) electrons. The van der Waals surface area contributed by atoms with Crippen molar-refractivity contribution in [3.8, 4) is 0 Å². The van der Waals surface area contributed by atoms with Gasteiger partial charge in [0.25, 0.3) is 5.91 Å². The first-order valence-corrected chi connectivity index (χ1v) is 7.83. The van der Waals surface area contributed by atoms with Crippen LogP contribution in [0.5, 0.6) is 0 Å². The predicted molar refractivity (Wildman–Crippen MR) is 78.2 cm³/mol. The Morgan fingerprint density at radius 2 is 1.75 bits per heavy atom. The summed E-state index contributed by atoms with van der Waals surface area (Å²) < 4.78 is 26.5. The van der Waals surface area contributed by atoms with E-state index in [1.807, 2.05) is 7.05 Å². The molecule has 0 atom stereocenters. The molecule has 0 spiro atoms. The second kappa shape index (κ2) is 7.37. The van der Waals surface area contributed by atoms with Crippen LogP contribution in [0, 0.1) is 0 Å². The summed E-state index contributed by atoms with van der Waals surface area (Å²) in [6.07, 6.45) is 0.715. The summed E-state index contributed by atoms with van der Waals surface area (Å²) in [5.74, 6) is -0.157. The van der Waals surface area contributed by atoms with Gasteiger partial charge in [-0.05, 0) is 44.3 Å². The molecule has 7 heteroatoms. The molecular weight excluding hydrogens is 278 g/mol. The molecule has 6 nitrogen and oxygen atoms in total. The Hall–Kier alpha value is -1.44. The lowest BCUT2D eigenvalue weighted by Gasteiger charge is -2.11. The van der Waals surface area contributed by atoms with E-state index in [1.165, 1.54) is 29.2 Å². The van der Waals surface area contributed by atoms with E-state index >= 15 is 0 Å². The number of rotatable bonds is 7. The fraction of sp³-hybridized carbons (Fsp3) is 0.462. The maximum Gasteiger partial charge on any atom is 0.253 e. The van der Waals surface area contributed by atoms with Gasteiger partial charge in [0.1, 0.15) is 0 Å². The summed E-state index contributed by atoms with van der Waals surface area (Å²) in [6, 6.07) is 5.92. The molecule has 0 aliphatic heterocycles. The number of hydrogen-bond acceptors (Lipinski definition) is 4. The minimum Gasteiger partial charge on any atom is -0.345 e. The highest BCUT2D eigenvalue weighted by atomic mass is 32.2. The molecule has 1 rings (SSSR count). The van der Waals surface area contributed by atoms with Gasteiger partial charge < -0.3 is 10.2 Å². The van der Waals surface area contributed by atoms with Gasteiger partial charge in [-0.15, -0.1) is 0 Å². The van der Waals surface area contributed by atoms with E-state index in [9.17, 15) is 13.2 Å². The van der Waals surface area contributed by atoms with E-state index in [2.05, 4.69) is 10.0 Å². The van der Waals surface area contributed by atoms with Crippen molar-refractivity contribution in [2.75, 3.05) is 34.2 Å². The van der Waals surface area contributed by atoms with Crippen molar-refractivity contribution in [3.05, 3.63) is 29.8 Å². The van der Waals surface area contributed by atoms with Crippen LogP contribution in [-0.2, 0) is 10.0 Å². The van der Waals surface area contributed by atoms with Crippen molar-refractivity contribution in [1.82, 2.24) is 14.9 Å². The first-order valence-electron chi connectivity index (χ1n) is 6.34. The fourth-order valence-electron chi connectivity index (χ4n) is 1.59. The van der Waals surface area contributed by atoms with Gasteiger partial charge in [-0.3, -0.25) is 4.79 Å². The smallest absolute Gasteiger partial charge is 0.253 e. The zero-order chi connectivity index (χ0) is 15.2. The minimum absolute atomic E-state index is 0.157. The van der Waals surface area contributed by atoms with Gasteiger partial charge in [-0.2, -0.15) is 0 Å². The van der Waals surface area contributed by atoms with Crippen LogP contribution in [0.15, 0.2) is 29.2 Å². The first-order chi connectivity index (χ1) is 9.38. The highest BCUT2D eigenvalue weighted by Gasteiger charge is 2.14. The lowest BCUT2D eigenvalue weighted by atomic mass is 10.2. The number of hydrogen-bond donors (Lipinski definition) is 2. The molecule has 0 fully saturated rings. The average molecular weight is 299 g/mol. The van der Waals surface area contributed by atoms with Gasteiger partial charge in [0.2, 0.25) is 10.0 Å². The summed E-state index contributed by atoms with van der Waals surface area (Å²) in [5, 5.41) is 2.95. The van der Waals surface area contributed by atoms with Crippen LogP contribution in [0.2, 0.25) is 0 Å². The number of benzene rings is 1. The van der Waals surface area contributed by atoms with E-state index < -0.39 is 10.0 Å². The number of nitrogens with one attached hydrogen (secondary N) is 2. The first kappa shape index (κ1) is 16.6. The molecule has 20 heavy (non-hydrogen) atoms. The van der Waals surface area contributed by atoms with Crippen LogP contribution < -0.4 is 10.0 Å². The lowest BCUT2D eigenvalue weighted by molar-refractivity contribution is 0.0827. The van der Waals surface area contributed by atoms with E-state index in [1.54, 1.807) is 14.1 Å². The standard InChI is InChI=1S/C13H21N3O3S/c1-14-9-4-10-15-20(18,19)12-7-5-11(6-8-12)13(17)16(2)3/h5-8,14-15H,4,9-10H2,1-3H3. The molecule has 0 aliphatic rings. The number of carbonyl (C=O) groups excluding carboxylic acids is 1. The SMILES string of the molecule is CNCCCNS(=O)(=O)c1ccc(C(=O)N(C)C)cc1. The number of sulfonamides is 1. The van der Waals surface area contributed by atoms with Crippen molar-refractivity contribution < 1.29 is 13.2 Å². The second-order valence-electron chi connectivity index (χ2n) is 4.58. The van der Waals surface area contributed by atoms with Crippen molar-refractivity contribution >= 4 is 15.9 Å². The third-order valence-corrected chi connectivity index (χ3v) is 4.19. The summed E-state index contributed by atoms with van der Waals surface area (Å²) in [4.78, 5) is 13.3. The maximum atomic E-state index is 12.0. The van der Waals surface area contributed by atoms with Crippen molar-refractivity contribution in [3.63, 3.8) is 0 Å². The topological polar surface area (TPSA) is 78.5 Å².